The lowest BCUT2D eigenvalue weighted by Gasteiger charge is -2.30. The fourth-order valence-corrected chi connectivity index (χ4v) is 6.60. The van der Waals surface area contributed by atoms with Gasteiger partial charge >= 0.3 is 0 Å². The number of morpholine rings is 1. The molecule has 45 heavy (non-hydrogen) atoms. The summed E-state index contributed by atoms with van der Waals surface area (Å²) in [5, 5.41) is 14.6. The minimum absolute atomic E-state index is 0.0750. The molecule has 0 aliphatic carbocycles. The number of carbonyl (C=O) groups excluding carboxylic acids is 1. The van der Waals surface area contributed by atoms with Gasteiger partial charge in [0.2, 0.25) is 0 Å². The lowest BCUT2D eigenvalue weighted by Crippen LogP contribution is -2.40. The van der Waals surface area contributed by atoms with Gasteiger partial charge in [0.25, 0.3) is 17.2 Å². The molecular weight excluding hydrogens is 594 g/mol. The molecule has 0 bridgehead atoms. The van der Waals surface area contributed by atoms with Gasteiger partial charge < -0.3 is 19.7 Å². The van der Waals surface area contributed by atoms with E-state index < -0.39 is 11.0 Å². The van der Waals surface area contributed by atoms with Crippen LogP contribution in [-0.4, -0.2) is 48.3 Å². The standard InChI is InChI=1S/C33H31N5O6S/c1-3-44-26-12-9-22(10-13-26)30-29(31(39)35-24-7-5-4-6-8-24)21(2)34-33-37(30)32(40)28(45-33)20-23-19-25(38(41)42)11-14-27(23)36-15-17-43-18-16-36/h4-14,19-20,30H,3,15-18H2,1-2H3,(H,35,39)/b28-20-/t30-/m0/s1. The zero-order valence-corrected chi connectivity index (χ0v) is 25.6. The van der Waals surface area contributed by atoms with Crippen LogP contribution in [0.3, 0.4) is 0 Å². The van der Waals surface area contributed by atoms with Crippen LogP contribution in [0.15, 0.2) is 93.9 Å². The second kappa shape index (κ2) is 12.9. The van der Waals surface area contributed by atoms with Crippen molar-refractivity contribution in [3.8, 4) is 5.75 Å². The summed E-state index contributed by atoms with van der Waals surface area (Å²) in [6.07, 6.45) is 1.68. The van der Waals surface area contributed by atoms with Gasteiger partial charge in [-0.15, -0.1) is 0 Å². The highest BCUT2D eigenvalue weighted by Crippen LogP contribution is 2.32. The number of allylic oxidation sites excluding steroid dienone is 1. The zero-order chi connectivity index (χ0) is 31.5. The Balaban J connectivity index is 1.50. The number of non-ortho nitro benzene ring substituents is 1. The molecule has 6 rings (SSSR count). The van der Waals surface area contributed by atoms with Gasteiger partial charge in [-0.3, -0.25) is 24.3 Å². The van der Waals surface area contributed by atoms with Gasteiger partial charge in [-0.25, -0.2) is 4.99 Å². The fourth-order valence-electron chi connectivity index (χ4n) is 5.56. The summed E-state index contributed by atoms with van der Waals surface area (Å²) < 4.78 is 13.0. The Morgan fingerprint density at radius 2 is 1.87 bits per heavy atom. The van der Waals surface area contributed by atoms with Gasteiger partial charge in [0, 0.05) is 42.2 Å². The van der Waals surface area contributed by atoms with Crippen molar-refractivity contribution in [2.45, 2.75) is 19.9 Å². The molecule has 0 saturated carbocycles. The van der Waals surface area contributed by atoms with Gasteiger partial charge in [0.15, 0.2) is 4.80 Å². The second-order valence-electron chi connectivity index (χ2n) is 10.5. The van der Waals surface area contributed by atoms with Crippen LogP contribution in [0.5, 0.6) is 5.75 Å². The lowest BCUT2D eigenvalue weighted by molar-refractivity contribution is -0.384. The topological polar surface area (TPSA) is 128 Å². The molecule has 1 N–H and O–H groups in total. The van der Waals surface area contributed by atoms with E-state index in [4.69, 9.17) is 14.5 Å². The number of thiazole rings is 1. The molecule has 1 saturated heterocycles. The summed E-state index contributed by atoms with van der Waals surface area (Å²) >= 11 is 1.18. The van der Waals surface area contributed by atoms with E-state index in [2.05, 4.69) is 10.2 Å². The molecule has 0 unspecified atom stereocenters. The van der Waals surface area contributed by atoms with Gasteiger partial charge in [-0.1, -0.05) is 41.7 Å². The number of nitro groups is 1. The molecule has 2 aliphatic heterocycles. The Labute approximate surface area is 262 Å². The van der Waals surface area contributed by atoms with E-state index in [1.54, 1.807) is 31.2 Å². The number of hydrogen-bond acceptors (Lipinski definition) is 9. The Bertz CT molecular complexity index is 1960. The third-order valence-electron chi connectivity index (χ3n) is 7.67. The predicted octanol–water partition coefficient (Wildman–Crippen LogP) is 4.02. The van der Waals surface area contributed by atoms with Gasteiger partial charge in [0.1, 0.15) is 5.75 Å². The molecule has 1 fully saturated rings. The first-order valence-corrected chi connectivity index (χ1v) is 15.4. The highest BCUT2D eigenvalue weighted by Gasteiger charge is 2.32. The average molecular weight is 626 g/mol. The number of benzene rings is 3. The lowest BCUT2D eigenvalue weighted by atomic mass is 9.95. The molecule has 2 aliphatic rings. The smallest absolute Gasteiger partial charge is 0.271 e. The number of rotatable bonds is 8. The van der Waals surface area contributed by atoms with Crippen molar-refractivity contribution in [2.75, 3.05) is 43.1 Å². The van der Waals surface area contributed by atoms with Crippen molar-refractivity contribution in [3.05, 3.63) is 125 Å². The number of fused-ring (bicyclic) bond motifs is 1. The molecule has 1 amide bonds. The number of nitro benzene ring substituents is 1. The maximum absolute atomic E-state index is 14.2. The maximum atomic E-state index is 14.2. The van der Waals surface area contributed by atoms with Crippen LogP contribution in [0.1, 0.15) is 31.0 Å². The number of nitrogens with zero attached hydrogens (tertiary/aromatic N) is 4. The zero-order valence-electron chi connectivity index (χ0n) is 24.8. The quantitative estimate of drug-likeness (QED) is 0.231. The van der Waals surface area contributed by atoms with Crippen molar-refractivity contribution < 1.29 is 19.2 Å². The minimum atomic E-state index is -0.772. The number of hydrogen-bond donors (Lipinski definition) is 1. The number of para-hydroxylation sites is 1. The number of aromatic nitrogens is 1. The van der Waals surface area contributed by atoms with Gasteiger partial charge in [0.05, 0.1) is 46.6 Å². The summed E-state index contributed by atoms with van der Waals surface area (Å²) in [6, 6.07) is 20.3. The van der Waals surface area contributed by atoms with E-state index >= 15 is 0 Å². The predicted molar refractivity (Wildman–Crippen MR) is 173 cm³/mol. The molecule has 12 heteroatoms. The SMILES string of the molecule is CCOc1ccc([C@H]2C(C(=O)Nc3ccccc3)=C(C)N=c3s/c(=C\c4cc([N+](=O)[O-])ccc4N4CCOCC4)c(=O)n32)cc1. The Morgan fingerprint density at radius 3 is 2.56 bits per heavy atom. The van der Waals surface area contributed by atoms with Crippen LogP contribution in [0.25, 0.3) is 6.08 Å². The van der Waals surface area contributed by atoms with E-state index in [1.807, 2.05) is 49.4 Å². The highest BCUT2D eigenvalue weighted by atomic mass is 32.1. The summed E-state index contributed by atoms with van der Waals surface area (Å²) in [5.74, 6) is 0.301. The third-order valence-corrected chi connectivity index (χ3v) is 8.65. The first-order valence-electron chi connectivity index (χ1n) is 14.6. The largest absolute Gasteiger partial charge is 0.494 e. The normalized spacial score (nSPS) is 16.6. The highest BCUT2D eigenvalue weighted by molar-refractivity contribution is 7.07. The van der Waals surface area contributed by atoms with Crippen molar-refractivity contribution in [1.82, 2.24) is 4.57 Å². The van der Waals surface area contributed by atoms with E-state index in [0.29, 0.717) is 76.1 Å². The summed E-state index contributed by atoms with van der Waals surface area (Å²) in [5.41, 5.74) is 3.05. The Kier molecular flexibility index (Phi) is 8.58. The van der Waals surface area contributed by atoms with Crippen LogP contribution >= 0.6 is 11.3 Å². The van der Waals surface area contributed by atoms with Crippen molar-refractivity contribution in [1.29, 1.82) is 0 Å². The van der Waals surface area contributed by atoms with Crippen LogP contribution in [0.4, 0.5) is 17.1 Å². The molecular formula is C33H31N5O6S. The van der Waals surface area contributed by atoms with Gasteiger partial charge in [-0.2, -0.15) is 0 Å². The molecule has 11 nitrogen and oxygen atoms in total. The van der Waals surface area contributed by atoms with Crippen LogP contribution in [0, 0.1) is 10.1 Å². The second-order valence-corrected chi connectivity index (χ2v) is 11.5. The van der Waals surface area contributed by atoms with Crippen molar-refractivity contribution >= 4 is 40.4 Å². The molecule has 0 spiro atoms. The van der Waals surface area contributed by atoms with Crippen molar-refractivity contribution in [3.63, 3.8) is 0 Å². The van der Waals surface area contributed by atoms with Crippen LogP contribution in [-0.2, 0) is 9.53 Å². The first kappa shape index (κ1) is 30.0. The summed E-state index contributed by atoms with van der Waals surface area (Å²) in [7, 11) is 0. The number of nitrogens with one attached hydrogen (secondary N) is 1. The number of anilines is 2. The van der Waals surface area contributed by atoms with E-state index in [9.17, 15) is 19.7 Å². The number of amides is 1. The van der Waals surface area contributed by atoms with Crippen LogP contribution < -0.4 is 29.8 Å². The first-order chi connectivity index (χ1) is 21.8. The third kappa shape index (κ3) is 6.15. The number of carbonyl (C=O) groups is 1. The molecule has 230 valence electrons. The molecule has 1 aromatic heterocycles. The molecule has 1 atom stereocenters. The Hall–Kier alpha value is -5.07. The minimum Gasteiger partial charge on any atom is -0.494 e. The summed E-state index contributed by atoms with van der Waals surface area (Å²) in [6.45, 7) is 6.48. The molecule has 3 heterocycles. The monoisotopic (exact) mass is 625 g/mol. The fraction of sp³-hybridized carbons (Fsp3) is 0.242. The Morgan fingerprint density at radius 1 is 1.13 bits per heavy atom. The number of ether oxygens (including phenoxy) is 2. The van der Waals surface area contributed by atoms with E-state index in [0.717, 1.165) is 5.69 Å². The maximum Gasteiger partial charge on any atom is 0.271 e. The van der Waals surface area contributed by atoms with Crippen LogP contribution in [0.2, 0.25) is 0 Å². The van der Waals surface area contributed by atoms with E-state index in [-0.39, 0.29) is 17.2 Å². The molecule has 4 aromatic rings. The molecule has 3 aromatic carbocycles. The van der Waals surface area contributed by atoms with Gasteiger partial charge in [-0.05, 0) is 55.8 Å². The molecule has 0 radical (unpaired) electrons. The van der Waals surface area contributed by atoms with E-state index in [1.165, 1.54) is 28.0 Å². The average Bonchev–Trinajstić information content (AvgIpc) is 3.35. The van der Waals surface area contributed by atoms with Crippen molar-refractivity contribution in [2.24, 2.45) is 4.99 Å². The summed E-state index contributed by atoms with van der Waals surface area (Å²) in [4.78, 5) is 46.5.